The summed E-state index contributed by atoms with van der Waals surface area (Å²) in [7, 11) is -3.50. The fourth-order valence-corrected chi connectivity index (χ4v) is 6.20. The van der Waals surface area contributed by atoms with Crippen LogP contribution < -0.4 is 10.6 Å². The highest BCUT2D eigenvalue weighted by atomic mass is 32.2. The van der Waals surface area contributed by atoms with Gasteiger partial charge in [-0.2, -0.15) is 4.31 Å². The molecule has 174 valence electrons. The third-order valence-electron chi connectivity index (χ3n) is 5.59. The van der Waals surface area contributed by atoms with E-state index in [0.717, 1.165) is 29.7 Å². The topological polar surface area (TPSA) is 78.5 Å². The van der Waals surface area contributed by atoms with Gasteiger partial charge in [0.25, 0.3) is 0 Å². The summed E-state index contributed by atoms with van der Waals surface area (Å²) in [6.45, 7) is 1.13. The Kier molecular flexibility index (Phi) is 7.54. The van der Waals surface area contributed by atoms with E-state index >= 15 is 0 Å². The maximum absolute atomic E-state index is 13.3. The van der Waals surface area contributed by atoms with E-state index in [1.165, 1.54) is 28.6 Å². The second-order valence-corrected chi connectivity index (χ2v) is 10.8. The number of carbonyl (C=O) groups is 1. The lowest BCUT2D eigenvalue weighted by molar-refractivity contribution is -0.115. The Morgan fingerprint density at radius 3 is 2.33 bits per heavy atom. The van der Waals surface area contributed by atoms with Crippen LogP contribution in [0.2, 0.25) is 0 Å². The van der Waals surface area contributed by atoms with Crippen molar-refractivity contribution in [2.24, 2.45) is 0 Å². The van der Waals surface area contributed by atoms with Crippen molar-refractivity contribution in [2.45, 2.75) is 30.2 Å². The lowest BCUT2D eigenvalue weighted by Crippen LogP contribution is -2.35. The summed E-state index contributed by atoms with van der Waals surface area (Å²) in [5.41, 5.74) is 1.38. The van der Waals surface area contributed by atoms with Crippen molar-refractivity contribution in [3.8, 4) is 0 Å². The molecule has 0 saturated carbocycles. The third-order valence-corrected chi connectivity index (χ3v) is 8.44. The number of nitrogens with zero attached hydrogens (tertiary/aromatic N) is 1. The van der Waals surface area contributed by atoms with Gasteiger partial charge in [0.1, 0.15) is 5.82 Å². The zero-order chi connectivity index (χ0) is 23.3. The van der Waals surface area contributed by atoms with Gasteiger partial charge in [-0.05, 0) is 66.2 Å². The van der Waals surface area contributed by atoms with Gasteiger partial charge in [0.2, 0.25) is 15.9 Å². The van der Waals surface area contributed by atoms with Gasteiger partial charge < -0.3 is 5.32 Å². The summed E-state index contributed by atoms with van der Waals surface area (Å²) >= 11 is 1.55. The molecule has 1 fully saturated rings. The summed E-state index contributed by atoms with van der Waals surface area (Å²) in [5, 5.41) is 7.98. The zero-order valence-electron chi connectivity index (χ0n) is 18.0. The van der Waals surface area contributed by atoms with Gasteiger partial charge in [0, 0.05) is 23.7 Å². The van der Waals surface area contributed by atoms with Crippen LogP contribution in [0, 0.1) is 5.82 Å². The standard InChI is InChI=1S/C24H26FN3O3S2/c25-19-8-6-18(7-9-19)24(22-5-4-16-32-22)26-17-23(29)27-20-10-12-21(13-11-20)33(30,31)28-14-2-1-3-15-28/h4-13,16,24,26H,1-3,14-15,17H2,(H,27,29)/t24-/m1/s1. The fraction of sp³-hybridized carbons (Fsp3) is 0.292. The maximum atomic E-state index is 13.3. The van der Waals surface area contributed by atoms with Crippen LogP contribution >= 0.6 is 11.3 Å². The van der Waals surface area contributed by atoms with Crippen LogP contribution in [-0.2, 0) is 14.8 Å². The molecule has 6 nitrogen and oxygen atoms in total. The number of sulfonamides is 1. The average molecular weight is 488 g/mol. The van der Waals surface area contributed by atoms with Crippen molar-refractivity contribution >= 4 is 33.0 Å². The summed E-state index contributed by atoms with van der Waals surface area (Å²) in [6, 6.07) is 16.1. The first kappa shape index (κ1) is 23.6. The van der Waals surface area contributed by atoms with E-state index in [1.54, 1.807) is 35.6 Å². The minimum Gasteiger partial charge on any atom is -0.325 e. The van der Waals surface area contributed by atoms with E-state index in [-0.39, 0.29) is 29.2 Å². The molecule has 1 saturated heterocycles. The molecule has 1 aliphatic heterocycles. The SMILES string of the molecule is O=C(CN[C@H](c1ccc(F)cc1)c1cccs1)Nc1ccc(S(=O)(=O)N2CCCCC2)cc1. The average Bonchev–Trinajstić information content (AvgIpc) is 3.36. The monoisotopic (exact) mass is 487 g/mol. The number of halogens is 1. The molecule has 2 heterocycles. The van der Waals surface area contributed by atoms with Crippen molar-refractivity contribution in [3.05, 3.63) is 82.3 Å². The molecule has 4 rings (SSSR count). The Hall–Kier alpha value is -2.59. The van der Waals surface area contributed by atoms with Crippen LogP contribution in [0.25, 0.3) is 0 Å². The Balaban J connectivity index is 1.38. The van der Waals surface area contributed by atoms with Gasteiger partial charge in [-0.25, -0.2) is 12.8 Å². The molecule has 1 amide bonds. The first-order valence-corrected chi connectivity index (χ1v) is 13.2. The normalized spacial score (nSPS) is 15.8. The number of rotatable bonds is 8. The second-order valence-electron chi connectivity index (χ2n) is 7.92. The molecule has 9 heteroatoms. The number of thiophene rings is 1. The molecular formula is C24H26FN3O3S2. The van der Waals surface area contributed by atoms with Gasteiger partial charge in [-0.15, -0.1) is 11.3 Å². The van der Waals surface area contributed by atoms with Crippen LogP contribution in [0.5, 0.6) is 0 Å². The number of hydrogen-bond donors (Lipinski definition) is 2. The predicted molar refractivity (Wildman–Crippen MR) is 128 cm³/mol. The quantitative estimate of drug-likeness (QED) is 0.494. The van der Waals surface area contributed by atoms with Gasteiger partial charge >= 0.3 is 0 Å². The van der Waals surface area contributed by atoms with Crippen LogP contribution in [0.4, 0.5) is 10.1 Å². The van der Waals surface area contributed by atoms with E-state index in [0.29, 0.717) is 18.8 Å². The number of anilines is 1. The Bertz CT molecular complexity index is 1160. The lowest BCUT2D eigenvalue weighted by Gasteiger charge is -2.25. The molecule has 0 bridgehead atoms. The summed E-state index contributed by atoms with van der Waals surface area (Å²) in [5.74, 6) is -0.572. The molecular weight excluding hydrogens is 461 g/mol. The summed E-state index contributed by atoms with van der Waals surface area (Å²) in [6.07, 6.45) is 2.81. The highest BCUT2D eigenvalue weighted by Crippen LogP contribution is 2.26. The molecule has 2 N–H and O–H groups in total. The molecule has 2 aromatic carbocycles. The molecule has 1 atom stereocenters. The first-order valence-electron chi connectivity index (χ1n) is 10.9. The minimum atomic E-state index is -3.50. The van der Waals surface area contributed by atoms with Gasteiger partial charge in [0.05, 0.1) is 17.5 Å². The second kappa shape index (κ2) is 10.6. The van der Waals surface area contributed by atoms with Gasteiger partial charge in [-0.1, -0.05) is 24.6 Å². The van der Waals surface area contributed by atoms with Gasteiger partial charge in [-0.3, -0.25) is 10.1 Å². The zero-order valence-corrected chi connectivity index (χ0v) is 19.7. The number of carbonyl (C=O) groups excluding carboxylic acids is 1. The van der Waals surface area contributed by atoms with Crippen LogP contribution in [-0.4, -0.2) is 38.3 Å². The third kappa shape index (κ3) is 5.86. The minimum absolute atomic E-state index is 0.0355. The molecule has 0 unspecified atom stereocenters. The molecule has 1 aliphatic rings. The van der Waals surface area contributed by atoms with E-state index in [9.17, 15) is 17.6 Å². The van der Waals surface area contributed by atoms with Gasteiger partial charge in [0.15, 0.2) is 0 Å². The predicted octanol–water partition coefficient (Wildman–Crippen LogP) is 4.38. The highest BCUT2D eigenvalue weighted by molar-refractivity contribution is 7.89. The molecule has 0 aliphatic carbocycles. The Morgan fingerprint density at radius 2 is 1.70 bits per heavy atom. The number of benzene rings is 2. The van der Waals surface area contributed by atoms with Crippen molar-refractivity contribution in [3.63, 3.8) is 0 Å². The molecule has 1 aromatic heterocycles. The fourth-order valence-electron chi connectivity index (χ4n) is 3.86. The van der Waals surface area contributed by atoms with E-state index < -0.39 is 10.0 Å². The smallest absolute Gasteiger partial charge is 0.243 e. The molecule has 3 aromatic rings. The lowest BCUT2D eigenvalue weighted by atomic mass is 10.1. The van der Waals surface area contributed by atoms with Crippen molar-refractivity contribution < 1.29 is 17.6 Å². The van der Waals surface area contributed by atoms with E-state index in [2.05, 4.69) is 10.6 Å². The summed E-state index contributed by atoms with van der Waals surface area (Å²) < 4.78 is 40.4. The Morgan fingerprint density at radius 1 is 1.00 bits per heavy atom. The van der Waals surface area contributed by atoms with Crippen molar-refractivity contribution in [2.75, 3.05) is 25.0 Å². The number of hydrogen-bond acceptors (Lipinski definition) is 5. The first-order chi connectivity index (χ1) is 15.9. The molecule has 0 radical (unpaired) electrons. The van der Waals surface area contributed by atoms with Crippen molar-refractivity contribution in [1.82, 2.24) is 9.62 Å². The maximum Gasteiger partial charge on any atom is 0.243 e. The molecule has 33 heavy (non-hydrogen) atoms. The number of piperidine rings is 1. The highest BCUT2D eigenvalue weighted by Gasteiger charge is 2.25. The molecule has 0 spiro atoms. The summed E-state index contributed by atoms with van der Waals surface area (Å²) in [4.78, 5) is 13.8. The largest absolute Gasteiger partial charge is 0.325 e. The van der Waals surface area contributed by atoms with Crippen LogP contribution in [0.15, 0.2) is 70.9 Å². The van der Waals surface area contributed by atoms with E-state index in [1.807, 2.05) is 17.5 Å². The number of amides is 1. The van der Waals surface area contributed by atoms with Crippen LogP contribution in [0.3, 0.4) is 0 Å². The number of nitrogens with one attached hydrogen (secondary N) is 2. The van der Waals surface area contributed by atoms with Crippen LogP contribution in [0.1, 0.15) is 35.7 Å². The Labute approximate surface area is 197 Å². The van der Waals surface area contributed by atoms with Crippen molar-refractivity contribution in [1.29, 1.82) is 0 Å². The van der Waals surface area contributed by atoms with E-state index in [4.69, 9.17) is 0 Å².